The summed E-state index contributed by atoms with van der Waals surface area (Å²) >= 11 is 0. The highest BCUT2D eigenvalue weighted by molar-refractivity contribution is 6.89. The van der Waals surface area contributed by atoms with Gasteiger partial charge in [0.2, 0.25) is 0 Å². The molecule has 0 heterocycles. The molecule has 0 bridgehead atoms. The average molecular weight is 300 g/mol. The lowest BCUT2D eigenvalue weighted by Crippen LogP contribution is -2.40. The van der Waals surface area contributed by atoms with Crippen LogP contribution in [0.25, 0.3) is 0 Å². The van der Waals surface area contributed by atoms with Crippen LogP contribution >= 0.6 is 0 Å². The van der Waals surface area contributed by atoms with Crippen LogP contribution in [-0.2, 0) is 6.42 Å². The summed E-state index contributed by atoms with van der Waals surface area (Å²) in [5.74, 6) is 1.48. The van der Waals surface area contributed by atoms with Crippen LogP contribution in [-0.4, -0.2) is 16.1 Å². The van der Waals surface area contributed by atoms with E-state index in [9.17, 15) is 0 Å². The van der Waals surface area contributed by atoms with E-state index in [0.717, 1.165) is 6.42 Å². The maximum Gasteiger partial charge on any atom is 0.0779 e. The van der Waals surface area contributed by atoms with E-state index >= 15 is 0 Å². The van der Waals surface area contributed by atoms with Gasteiger partial charge in [-0.25, -0.2) is 0 Å². The van der Waals surface area contributed by atoms with Gasteiger partial charge in [-0.05, 0) is 12.0 Å². The summed E-state index contributed by atoms with van der Waals surface area (Å²) in [6.07, 6.45) is 8.20. The zero-order valence-corrected chi connectivity index (χ0v) is 15.7. The lowest BCUT2D eigenvalue weighted by atomic mass is 10.0. The molecule has 1 aromatic carbocycles. The quantitative estimate of drug-likeness (QED) is 0.706. The van der Waals surface area contributed by atoms with Gasteiger partial charge in [0.25, 0.3) is 0 Å². The predicted molar refractivity (Wildman–Crippen MR) is 96.9 cm³/mol. The summed E-state index contributed by atoms with van der Waals surface area (Å²) in [5.41, 5.74) is 1.53. The van der Waals surface area contributed by atoms with Gasteiger partial charge in [0.1, 0.15) is 0 Å². The highest BCUT2D eigenvalue weighted by Gasteiger charge is 2.24. The SMILES string of the molecule is C[Si](C)(C)C1=C[C](Cc2ccccc2[Si](C)(C)C)C=C1. The average Bonchev–Trinajstić information content (AvgIpc) is 2.76. The van der Waals surface area contributed by atoms with Gasteiger partial charge in [0.05, 0.1) is 16.1 Å². The van der Waals surface area contributed by atoms with E-state index in [4.69, 9.17) is 0 Å². The molecule has 0 saturated carbocycles. The normalized spacial score (nSPS) is 16.6. The van der Waals surface area contributed by atoms with E-state index in [-0.39, 0.29) is 0 Å². The Balaban J connectivity index is 2.22. The number of benzene rings is 1. The number of rotatable bonds is 4. The minimum Gasteiger partial charge on any atom is -0.0738 e. The Labute approximate surface area is 126 Å². The summed E-state index contributed by atoms with van der Waals surface area (Å²) < 4.78 is 0. The van der Waals surface area contributed by atoms with E-state index in [0.29, 0.717) is 0 Å². The van der Waals surface area contributed by atoms with Gasteiger partial charge in [-0.1, -0.05) is 92.2 Å². The highest BCUT2D eigenvalue weighted by atomic mass is 28.3. The lowest BCUT2D eigenvalue weighted by molar-refractivity contribution is 1.11. The van der Waals surface area contributed by atoms with E-state index in [1.165, 1.54) is 11.5 Å². The standard InChI is InChI=1S/C18H27Si2/c1-19(2,3)17-12-11-15(14-17)13-16-9-7-8-10-18(16)20(4,5)6/h7-12,14H,13H2,1-6H3. The molecule has 1 aliphatic carbocycles. The van der Waals surface area contributed by atoms with E-state index < -0.39 is 16.1 Å². The third kappa shape index (κ3) is 3.61. The molecule has 1 aliphatic rings. The minimum atomic E-state index is -1.25. The second-order valence-electron chi connectivity index (χ2n) is 7.84. The second-order valence-corrected chi connectivity index (χ2v) is 18.0. The molecule has 0 aromatic heterocycles. The fourth-order valence-electron chi connectivity index (χ4n) is 2.70. The van der Waals surface area contributed by atoms with Crippen molar-refractivity contribution in [2.24, 2.45) is 0 Å². The Bertz CT molecular complexity index is 539. The maximum atomic E-state index is 2.44. The van der Waals surface area contributed by atoms with E-state index in [2.05, 4.69) is 81.8 Å². The van der Waals surface area contributed by atoms with Crippen molar-refractivity contribution in [3.63, 3.8) is 0 Å². The molecule has 0 fully saturated rings. The van der Waals surface area contributed by atoms with Crippen LogP contribution in [0.2, 0.25) is 39.3 Å². The zero-order valence-electron chi connectivity index (χ0n) is 13.7. The number of allylic oxidation sites excluding steroid dienone is 4. The molecule has 0 unspecified atom stereocenters. The van der Waals surface area contributed by atoms with Crippen molar-refractivity contribution in [3.05, 3.63) is 59.2 Å². The van der Waals surface area contributed by atoms with Crippen LogP contribution in [0, 0.1) is 5.92 Å². The third-order valence-electron chi connectivity index (χ3n) is 3.90. The molecule has 2 heteroatoms. The summed E-state index contributed by atoms with van der Waals surface area (Å²) in [5, 5.41) is 3.19. The molecule has 0 nitrogen and oxygen atoms in total. The molecule has 0 amide bonds. The van der Waals surface area contributed by atoms with Gasteiger partial charge < -0.3 is 0 Å². The van der Waals surface area contributed by atoms with Gasteiger partial charge in [0, 0.05) is 5.92 Å². The largest absolute Gasteiger partial charge is 0.0779 e. The Morgan fingerprint density at radius 1 is 0.800 bits per heavy atom. The molecule has 20 heavy (non-hydrogen) atoms. The fraction of sp³-hybridized carbons (Fsp3) is 0.389. The predicted octanol–water partition coefficient (Wildman–Crippen LogP) is 4.72. The Morgan fingerprint density at radius 2 is 1.45 bits per heavy atom. The van der Waals surface area contributed by atoms with Crippen molar-refractivity contribution in [1.29, 1.82) is 0 Å². The van der Waals surface area contributed by atoms with Gasteiger partial charge in [-0.2, -0.15) is 0 Å². The number of hydrogen-bond acceptors (Lipinski definition) is 0. The zero-order chi connectivity index (χ0) is 15.0. The van der Waals surface area contributed by atoms with Gasteiger partial charge >= 0.3 is 0 Å². The van der Waals surface area contributed by atoms with Crippen molar-refractivity contribution in [2.75, 3.05) is 0 Å². The first-order valence-corrected chi connectivity index (χ1v) is 14.5. The molecular formula is C18H27Si2. The molecule has 0 atom stereocenters. The van der Waals surface area contributed by atoms with Crippen LogP contribution in [0.15, 0.2) is 47.7 Å². The fourth-order valence-corrected chi connectivity index (χ4v) is 5.63. The third-order valence-corrected chi connectivity index (χ3v) is 8.05. The summed E-state index contributed by atoms with van der Waals surface area (Å²) in [6, 6.07) is 9.02. The van der Waals surface area contributed by atoms with Crippen molar-refractivity contribution in [1.82, 2.24) is 0 Å². The molecule has 0 aliphatic heterocycles. The summed E-state index contributed by atoms with van der Waals surface area (Å²) in [7, 11) is -2.42. The maximum absolute atomic E-state index is 2.44. The highest BCUT2D eigenvalue weighted by Crippen LogP contribution is 2.28. The molecular weight excluding hydrogens is 272 g/mol. The topological polar surface area (TPSA) is 0 Å². The van der Waals surface area contributed by atoms with Crippen molar-refractivity contribution in [2.45, 2.75) is 45.7 Å². The molecule has 107 valence electrons. The van der Waals surface area contributed by atoms with Crippen LogP contribution in [0.5, 0.6) is 0 Å². The molecule has 0 N–H and O–H groups in total. The van der Waals surface area contributed by atoms with E-state index in [1.54, 1.807) is 10.4 Å². The van der Waals surface area contributed by atoms with Crippen molar-refractivity contribution in [3.8, 4) is 0 Å². The molecule has 0 saturated heterocycles. The van der Waals surface area contributed by atoms with Crippen molar-refractivity contribution < 1.29 is 0 Å². The van der Waals surface area contributed by atoms with Gasteiger partial charge in [-0.3, -0.25) is 0 Å². The molecule has 0 spiro atoms. The smallest absolute Gasteiger partial charge is 0.0738 e. The van der Waals surface area contributed by atoms with Crippen LogP contribution in [0.1, 0.15) is 5.56 Å². The Hall–Kier alpha value is -0.866. The van der Waals surface area contributed by atoms with Crippen LogP contribution in [0.4, 0.5) is 0 Å². The molecule has 1 radical (unpaired) electrons. The Morgan fingerprint density at radius 3 is 2.00 bits per heavy atom. The Kier molecular flexibility index (Phi) is 4.26. The minimum absolute atomic E-state index is 1.09. The van der Waals surface area contributed by atoms with Crippen LogP contribution in [0.3, 0.4) is 0 Å². The number of hydrogen-bond donors (Lipinski definition) is 0. The molecule has 1 aromatic rings. The van der Waals surface area contributed by atoms with E-state index in [1.807, 2.05) is 0 Å². The van der Waals surface area contributed by atoms with Gasteiger partial charge in [0.15, 0.2) is 0 Å². The lowest BCUT2D eigenvalue weighted by Gasteiger charge is -2.22. The molecule has 2 rings (SSSR count). The first-order valence-electron chi connectivity index (χ1n) is 7.52. The summed E-state index contributed by atoms with van der Waals surface area (Å²) in [6.45, 7) is 14.6. The monoisotopic (exact) mass is 299 g/mol. The summed E-state index contributed by atoms with van der Waals surface area (Å²) in [4.78, 5) is 0. The van der Waals surface area contributed by atoms with Crippen molar-refractivity contribution >= 4 is 21.3 Å². The first-order chi connectivity index (χ1) is 9.18. The second kappa shape index (κ2) is 5.49. The van der Waals surface area contributed by atoms with Crippen LogP contribution < -0.4 is 5.19 Å². The first kappa shape index (κ1) is 15.5. The van der Waals surface area contributed by atoms with Gasteiger partial charge in [-0.15, -0.1) is 0 Å².